The molecule has 17 heavy (non-hydrogen) atoms. The maximum absolute atomic E-state index is 11.5. The Morgan fingerprint density at radius 3 is 2.82 bits per heavy atom. The summed E-state index contributed by atoms with van der Waals surface area (Å²) in [6, 6.07) is 5.09. The molecule has 0 aromatic heterocycles. The van der Waals surface area contributed by atoms with Crippen molar-refractivity contribution in [2.24, 2.45) is 0 Å². The zero-order valence-corrected chi connectivity index (χ0v) is 11.3. The Morgan fingerprint density at radius 1 is 1.53 bits per heavy atom. The van der Waals surface area contributed by atoms with Crippen LogP contribution >= 0.6 is 23.2 Å². The van der Waals surface area contributed by atoms with Crippen LogP contribution in [0.2, 0.25) is 5.02 Å². The zero-order valence-electron chi connectivity index (χ0n) is 9.80. The van der Waals surface area contributed by atoms with Crippen LogP contribution in [0.25, 0.3) is 0 Å². The van der Waals surface area contributed by atoms with Gasteiger partial charge in [-0.2, -0.15) is 0 Å². The summed E-state index contributed by atoms with van der Waals surface area (Å²) in [7, 11) is 0. The van der Waals surface area contributed by atoms with E-state index in [9.17, 15) is 4.79 Å². The molecule has 3 nitrogen and oxygen atoms in total. The SMILES string of the molecule is CCCOc1ccc(Cl)cc1NC(=O)C(C)Cl. The molecule has 0 spiro atoms. The van der Waals surface area contributed by atoms with Crippen molar-refractivity contribution in [3.8, 4) is 5.75 Å². The van der Waals surface area contributed by atoms with Crippen LogP contribution in [-0.2, 0) is 4.79 Å². The molecule has 0 bridgehead atoms. The minimum Gasteiger partial charge on any atom is -0.491 e. The monoisotopic (exact) mass is 275 g/mol. The third-order valence-electron chi connectivity index (χ3n) is 2.02. The van der Waals surface area contributed by atoms with Crippen LogP contribution in [-0.4, -0.2) is 17.9 Å². The van der Waals surface area contributed by atoms with Gasteiger partial charge in [-0.25, -0.2) is 0 Å². The van der Waals surface area contributed by atoms with E-state index >= 15 is 0 Å². The largest absolute Gasteiger partial charge is 0.491 e. The van der Waals surface area contributed by atoms with Gasteiger partial charge in [0.25, 0.3) is 0 Å². The van der Waals surface area contributed by atoms with E-state index in [1.165, 1.54) is 0 Å². The highest BCUT2D eigenvalue weighted by atomic mass is 35.5. The maximum Gasteiger partial charge on any atom is 0.242 e. The molecule has 0 aliphatic rings. The molecule has 0 radical (unpaired) electrons. The third-order valence-corrected chi connectivity index (χ3v) is 2.46. The second kappa shape index (κ2) is 6.72. The Morgan fingerprint density at radius 2 is 2.24 bits per heavy atom. The van der Waals surface area contributed by atoms with Crippen molar-refractivity contribution < 1.29 is 9.53 Å². The average molecular weight is 276 g/mol. The highest BCUT2D eigenvalue weighted by Crippen LogP contribution is 2.28. The molecule has 1 N–H and O–H groups in total. The molecule has 1 aromatic rings. The molecule has 1 unspecified atom stereocenters. The number of hydrogen-bond donors (Lipinski definition) is 1. The fourth-order valence-electron chi connectivity index (χ4n) is 1.17. The lowest BCUT2D eigenvalue weighted by Crippen LogP contribution is -2.20. The molecule has 1 atom stereocenters. The predicted octanol–water partition coefficient (Wildman–Crippen LogP) is 3.69. The molecule has 1 amide bonds. The number of benzene rings is 1. The number of amides is 1. The van der Waals surface area contributed by atoms with E-state index in [0.717, 1.165) is 6.42 Å². The highest BCUT2D eigenvalue weighted by Gasteiger charge is 2.12. The van der Waals surface area contributed by atoms with E-state index in [1.807, 2.05) is 6.92 Å². The van der Waals surface area contributed by atoms with Gasteiger partial charge in [0, 0.05) is 5.02 Å². The average Bonchev–Trinajstić information content (AvgIpc) is 2.28. The van der Waals surface area contributed by atoms with Gasteiger partial charge in [0.15, 0.2) is 0 Å². The molecule has 1 aromatic carbocycles. The van der Waals surface area contributed by atoms with Crippen LogP contribution in [0.4, 0.5) is 5.69 Å². The van der Waals surface area contributed by atoms with Crippen molar-refractivity contribution in [3.63, 3.8) is 0 Å². The zero-order chi connectivity index (χ0) is 12.8. The van der Waals surface area contributed by atoms with Crippen molar-refractivity contribution in [1.82, 2.24) is 0 Å². The normalized spacial score (nSPS) is 12.0. The van der Waals surface area contributed by atoms with Crippen LogP contribution < -0.4 is 10.1 Å². The molecule has 0 saturated carbocycles. The number of carbonyl (C=O) groups is 1. The van der Waals surface area contributed by atoms with E-state index in [1.54, 1.807) is 25.1 Å². The van der Waals surface area contributed by atoms with Gasteiger partial charge >= 0.3 is 0 Å². The van der Waals surface area contributed by atoms with E-state index in [4.69, 9.17) is 27.9 Å². The summed E-state index contributed by atoms with van der Waals surface area (Å²) in [6.45, 7) is 4.20. The quantitative estimate of drug-likeness (QED) is 0.833. The number of ether oxygens (including phenoxy) is 1. The van der Waals surface area contributed by atoms with Crippen molar-refractivity contribution in [2.75, 3.05) is 11.9 Å². The molecular formula is C12H15Cl2NO2. The molecule has 0 saturated heterocycles. The first-order valence-electron chi connectivity index (χ1n) is 5.42. The second-order valence-corrected chi connectivity index (χ2v) is 4.69. The van der Waals surface area contributed by atoms with Crippen LogP contribution in [0.5, 0.6) is 5.75 Å². The number of nitrogens with one attached hydrogen (secondary N) is 1. The van der Waals surface area contributed by atoms with Gasteiger partial charge in [-0.05, 0) is 31.5 Å². The Kier molecular flexibility index (Phi) is 5.59. The summed E-state index contributed by atoms with van der Waals surface area (Å²) in [5, 5.41) is 2.61. The number of rotatable bonds is 5. The number of carbonyl (C=O) groups excluding carboxylic acids is 1. The Hall–Kier alpha value is -0.930. The van der Waals surface area contributed by atoms with Crippen molar-refractivity contribution in [3.05, 3.63) is 23.2 Å². The molecule has 5 heteroatoms. The fourth-order valence-corrected chi connectivity index (χ4v) is 1.40. The minimum absolute atomic E-state index is 0.282. The predicted molar refractivity (Wildman–Crippen MR) is 71.2 cm³/mol. The summed E-state index contributed by atoms with van der Waals surface area (Å²) in [5.74, 6) is 0.317. The van der Waals surface area contributed by atoms with Crippen molar-refractivity contribution in [1.29, 1.82) is 0 Å². The van der Waals surface area contributed by atoms with Crippen LogP contribution in [0.1, 0.15) is 20.3 Å². The molecular weight excluding hydrogens is 261 g/mol. The summed E-state index contributed by atoms with van der Waals surface area (Å²) in [6.07, 6.45) is 0.891. The van der Waals surface area contributed by atoms with Crippen LogP contribution in [0, 0.1) is 0 Å². The topological polar surface area (TPSA) is 38.3 Å². The fraction of sp³-hybridized carbons (Fsp3) is 0.417. The smallest absolute Gasteiger partial charge is 0.242 e. The van der Waals surface area contributed by atoms with E-state index < -0.39 is 5.38 Å². The molecule has 0 fully saturated rings. The molecule has 0 aliphatic carbocycles. The third kappa shape index (κ3) is 4.44. The molecule has 0 heterocycles. The van der Waals surface area contributed by atoms with E-state index in [2.05, 4.69) is 5.32 Å². The molecule has 94 valence electrons. The second-order valence-electron chi connectivity index (χ2n) is 3.59. The van der Waals surface area contributed by atoms with Gasteiger partial charge in [-0.3, -0.25) is 4.79 Å². The summed E-state index contributed by atoms with van der Waals surface area (Å²) >= 11 is 11.6. The number of hydrogen-bond acceptors (Lipinski definition) is 2. The van der Waals surface area contributed by atoms with E-state index in [0.29, 0.717) is 23.1 Å². The van der Waals surface area contributed by atoms with Crippen molar-refractivity contribution >= 4 is 34.8 Å². The number of halogens is 2. The minimum atomic E-state index is -0.604. The van der Waals surface area contributed by atoms with Crippen molar-refractivity contribution in [2.45, 2.75) is 25.6 Å². The van der Waals surface area contributed by atoms with Crippen LogP contribution in [0.3, 0.4) is 0 Å². The van der Waals surface area contributed by atoms with Gasteiger partial charge < -0.3 is 10.1 Å². The Labute approximate surface area is 111 Å². The summed E-state index contributed by atoms with van der Waals surface area (Å²) in [5.41, 5.74) is 0.545. The molecule has 1 rings (SSSR count). The van der Waals surface area contributed by atoms with Gasteiger partial charge in [0.1, 0.15) is 11.1 Å². The maximum atomic E-state index is 11.5. The number of alkyl halides is 1. The standard InChI is InChI=1S/C12H15Cl2NO2/c1-3-6-17-11-5-4-9(14)7-10(11)15-12(16)8(2)13/h4-5,7-8H,3,6H2,1-2H3,(H,15,16). The highest BCUT2D eigenvalue weighted by molar-refractivity contribution is 6.33. The lowest BCUT2D eigenvalue weighted by Gasteiger charge is -2.13. The lowest BCUT2D eigenvalue weighted by molar-refractivity contribution is -0.115. The van der Waals surface area contributed by atoms with Crippen LogP contribution in [0.15, 0.2) is 18.2 Å². The number of anilines is 1. The first kappa shape index (κ1) is 14.1. The first-order chi connectivity index (χ1) is 8.04. The van der Waals surface area contributed by atoms with E-state index in [-0.39, 0.29) is 5.91 Å². The van der Waals surface area contributed by atoms with Gasteiger partial charge in [0.2, 0.25) is 5.91 Å². The van der Waals surface area contributed by atoms with Gasteiger partial charge in [-0.1, -0.05) is 18.5 Å². The lowest BCUT2D eigenvalue weighted by atomic mass is 10.2. The summed E-state index contributed by atoms with van der Waals surface area (Å²) < 4.78 is 5.51. The molecule has 0 aliphatic heterocycles. The van der Waals surface area contributed by atoms with Gasteiger partial charge in [0.05, 0.1) is 12.3 Å². The Bertz CT molecular complexity index is 394. The summed E-state index contributed by atoms with van der Waals surface area (Å²) in [4.78, 5) is 11.5. The Balaban J connectivity index is 2.86. The first-order valence-corrected chi connectivity index (χ1v) is 6.23. The van der Waals surface area contributed by atoms with Gasteiger partial charge in [-0.15, -0.1) is 11.6 Å².